The molecule has 1 atom stereocenters. The van der Waals surface area contributed by atoms with Gasteiger partial charge in [-0.05, 0) is 5.41 Å². The minimum atomic E-state index is -1.04. The van der Waals surface area contributed by atoms with Crippen LogP contribution in [0.25, 0.3) is 0 Å². The standard InChI is InChI=1S/C12H19N3O3S/c1-12(2,3)9(10(16)17)14-11(18)15(4)5-8-6-19-7-13-8/h6-7,9H,5H2,1-4H3,(H,14,18)(H,16,17)/t9-/m1/s1. The topological polar surface area (TPSA) is 82.5 Å². The molecule has 1 heterocycles. The van der Waals surface area contributed by atoms with Gasteiger partial charge < -0.3 is 15.3 Å². The molecular formula is C12H19N3O3S. The quantitative estimate of drug-likeness (QED) is 0.883. The normalized spacial score (nSPS) is 12.8. The van der Waals surface area contributed by atoms with Crippen molar-refractivity contribution in [3.8, 4) is 0 Å². The van der Waals surface area contributed by atoms with Gasteiger partial charge in [-0.3, -0.25) is 0 Å². The van der Waals surface area contributed by atoms with Crippen LogP contribution in [0.4, 0.5) is 4.79 Å². The second-order valence-corrected chi connectivity index (χ2v) is 6.14. The number of amides is 2. The zero-order valence-electron chi connectivity index (χ0n) is 11.5. The first-order valence-corrected chi connectivity index (χ1v) is 6.77. The maximum Gasteiger partial charge on any atom is 0.326 e. The molecule has 0 bridgehead atoms. The Morgan fingerprint density at radius 3 is 2.58 bits per heavy atom. The summed E-state index contributed by atoms with van der Waals surface area (Å²) in [6, 6.07) is -1.35. The SMILES string of the molecule is CN(Cc1cscn1)C(=O)N[C@H](C(=O)O)C(C)(C)C. The van der Waals surface area contributed by atoms with E-state index in [1.165, 1.54) is 16.2 Å². The van der Waals surface area contributed by atoms with Crippen LogP contribution in [0.5, 0.6) is 0 Å². The number of carbonyl (C=O) groups excluding carboxylic acids is 1. The van der Waals surface area contributed by atoms with E-state index in [9.17, 15) is 9.59 Å². The first-order chi connectivity index (χ1) is 8.71. The zero-order chi connectivity index (χ0) is 14.6. The van der Waals surface area contributed by atoms with Crippen LogP contribution in [0, 0.1) is 5.41 Å². The summed E-state index contributed by atoms with van der Waals surface area (Å²) in [5.74, 6) is -1.04. The number of thiazole rings is 1. The van der Waals surface area contributed by atoms with E-state index in [1.54, 1.807) is 33.3 Å². The molecule has 0 saturated heterocycles. The van der Waals surface area contributed by atoms with Gasteiger partial charge in [0.2, 0.25) is 0 Å². The third-order valence-corrected chi connectivity index (χ3v) is 3.25. The van der Waals surface area contributed by atoms with E-state index in [2.05, 4.69) is 10.3 Å². The van der Waals surface area contributed by atoms with Crippen molar-refractivity contribution < 1.29 is 14.7 Å². The van der Waals surface area contributed by atoms with E-state index in [-0.39, 0.29) is 0 Å². The van der Waals surface area contributed by atoms with Gasteiger partial charge in [0, 0.05) is 12.4 Å². The predicted molar refractivity (Wildman–Crippen MR) is 73.0 cm³/mol. The van der Waals surface area contributed by atoms with Gasteiger partial charge in [-0.1, -0.05) is 20.8 Å². The Hall–Kier alpha value is -1.63. The molecule has 0 fully saturated rings. The van der Waals surface area contributed by atoms with Gasteiger partial charge in [0.15, 0.2) is 0 Å². The minimum Gasteiger partial charge on any atom is -0.480 e. The Kier molecular flexibility index (Phi) is 4.88. The van der Waals surface area contributed by atoms with Crippen LogP contribution in [0.3, 0.4) is 0 Å². The highest BCUT2D eigenvalue weighted by molar-refractivity contribution is 7.07. The van der Waals surface area contributed by atoms with Gasteiger partial charge >= 0.3 is 12.0 Å². The van der Waals surface area contributed by atoms with Crippen molar-refractivity contribution in [3.05, 3.63) is 16.6 Å². The highest BCUT2D eigenvalue weighted by Crippen LogP contribution is 2.19. The highest BCUT2D eigenvalue weighted by atomic mass is 32.1. The predicted octanol–water partition coefficient (Wildman–Crippen LogP) is 1.78. The molecule has 106 valence electrons. The highest BCUT2D eigenvalue weighted by Gasteiger charge is 2.33. The van der Waals surface area contributed by atoms with Crippen molar-refractivity contribution in [1.29, 1.82) is 0 Å². The van der Waals surface area contributed by atoms with Gasteiger partial charge in [0.05, 0.1) is 17.7 Å². The van der Waals surface area contributed by atoms with Crippen LogP contribution in [0.15, 0.2) is 10.9 Å². The van der Waals surface area contributed by atoms with Crippen LogP contribution >= 0.6 is 11.3 Å². The van der Waals surface area contributed by atoms with E-state index in [1.807, 2.05) is 5.38 Å². The molecular weight excluding hydrogens is 266 g/mol. The van der Waals surface area contributed by atoms with Crippen LogP contribution in [0.2, 0.25) is 0 Å². The maximum atomic E-state index is 12.0. The fourth-order valence-electron chi connectivity index (χ4n) is 1.51. The summed E-state index contributed by atoms with van der Waals surface area (Å²) < 4.78 is 0. The first-order valence-electron chi connectivity index (χ1n) is 5.83. The molecule has 7 heteroatoms. The summed E-state index contributed by atoms with van der Waals surface area (Å²) >= 11 is 1.45. The Morgan fingerprint density at radius 2 is 2.16 bits per heavy atom. The molecule has 0 aromatic carbocycles. The lowest BCUT2D eigenvalue weighted by Crippen LogP contribution is -2.52. The molecule has 0 radical (unpaired) electrons. The first kappa shape index (κ1) is 15.4. The summed E-state index contributed by atoms with van der Waals surface area (Å²) in [6.07, 6.45) is 0. The molecule has 6 nitrogen and oxygen atoms in total. The number of hydrogen-bond acceptors (Lipinski definition) is 4. The second kappa shape index (κ2) is 6.01. The number of carboxylic acids is 1. The molecule has 2 amide bonds. The zero-order valence-corrected chi connectivity index (χ0v) is 12.3. The summed E-state index contributed by atoms with van der Waals surface area (Å²) in [7, 11) is 1.61. The monoisotopic (exact) mass is 285 g/mol. The second-order valence-electron chi connectivity index (χ2n) is 5.42. The van der Waals surface area contributed by atoms with Gasteiger partial charge in [-0.2, -0.15) is 0 Å². The van der Waals surface area contributed by atoms with E-state index >= 15 is 0 Å². The Morgan fingerprint density at radius 1 is 1.53 bits per heavy atom. The molecule has 2 N–H and O–H groups in total. The number of carbonyl (C=O) groups is 2. The number of carboxylic acid groups (broad SMARTS) is 1. The fourth-order valence-corrected chi connectivity index (χ4v) is 2.06. The van der Waals surface area contributed by atoms with E-state index < -0.39 is 23.5 Å². The third kappa shape index (κ3) is 4.51. The molecule has 0 aliphatic rings. The summed E-state index contributed by atoms with van der Waals surface area (Å²) in [5.41, 5.74) is 1.92. The smallest absolute Gasteiger partial charge is 0.326 e. The summed E-state index contributed by atoms with van der Waals surface area (Å²) in [6.45, 7) is 5.66. The van der Waals surface area contributed by atoms with Crippen molar-refractivity contribution >= 4 is 23.3 Å². The molecule has 0 aliphatic heterocycles. The average molecular weight is 285 g/mol. The van der Waals surface area contributed by atoms with Gasteiger partial charge in [-0.25, -0.2) is 14.6 Å². The summed E-state index contributed by atoms with van der Waals surface area (Å²) in [4.78, 5) is 28.6. The minimum absolute atomic E-state index is 0.353. The number of nitrogens with zero attached hydrogens (tertiary/aromatic N) is 2. The molecule has 1 aromatic rings. The number of urea groups is 1. The number of aliphatic carboxylic acids is 1. The van der Waals surface area contributed by atoms with Crippen molar-refractivity contribution in [2.75, 3.05) is 7.05 Å². The molecule has 0 unspecified atom stereocenters. The molecule has 1 rings (SSSR count). The van der Waals surface area contributed by atoms with Crippen LogP contribution in [-0.4, -0.2) is 40.1 Å². The van der Waals surface area contributed by atoms with Gasteiger partial charge in [0.1, 0.15) is 6.04 Å². The van der Waals surface area contributed by atoms with E-state index in [0.717, 1.165) is 5.69 Å². The molecule has 1 aromatic heterocycles. The molecule has 0 saturated carbocycles. The largest absolute Gasteiger partial charge is 0.480 e. The lowest BCUT2D eigenvalue weighted by atomic mass is 9.87. The van der Waals surface area contributed by atoms with Crippen molar-refractivity contribution in [1.82, 2.24) is 15.2 Å². The Labute approximate surface area is 116 Å². The van der Waals surface area contributed by atoms with Crippen LogP contribution in [0.1, 0.15) is 26.5 Å². The Balaban J connectivity index is 2.64. The lowest BCUT2D eigenvalue weighted by Gasteiger charge is -2.29. The summed E-state index contributed by atoms with van der Waals surface area (Å²) in [5, 5.41) is 13.5. The third-order valence-electron chi connectivity index (χ3n) is 2.61. The molecule has 0 aliphatic carbocycles. The van der Waals surface area contributed by atoms with Gasteiger partial charge in [0.25, 0.3) is 0 Å². The Bertz CT molecular complexity index is 440. The number of rotatable bonds is 4. The fraction of sp³-hybridized carbons (Fsp3) is 0.583. The van der Waals surface area contributed by atoms with E-state index in [4.69, 9.17) is 5.11 Å². The van der Waals surface area contributed by atoms with Crippen molar-refractivity contribution in [2.45, 2.75) is 33.4 Å². The number of aromatic nitrogens is 1. The van der Waals surface area contributed by atoms with Crippen molar-refractivity contribution in [2.24, 2.45) is 5.41 Å². The van der Waals surface area contributed by atoms with Crippen LogP contribution in [-0.2, 0) is 11.3 Å². The number of nitrogens with one attached hydrogen (secondary N) is 1. The van der Waals surface area contributed by atoms with Gasteiger partial charge in [-0.15, -0.1) is 11.3 Å². The van der Waals surface area contributed by atoms with Crippen molar-refractivity contribution in [3.63, 3.8) is 0 Å². The van der Waals surface area contributed by atoms with Crippen LogP contribution < -0.4 is 5.32 Å². The maximum absolute atomic E-state index is 12.0. The number of hydrogen-bond donors (Lipinski definition) is 2. The van der Waals surface area contributed by atoms with E-state index in [0.29, 0.717) is 6.54 Å². The molecule has 0 spiro atoms. The average Bonchev–Trinajstić information content (AvgIpc) is 2.75. The lowest BCUT2D eigenvalue weighted by molar-refractivity contribution is -0.142. The molecule has 19 heavy (non-hydrogen) atoms.